The lowest BCUT2D eigenvalue weighted by Gasteiger charge is -2.20. The molecule has 59 heavy (non-hydrogen) atoms. The van der Waals surface area contributed by atoms with Gasteiger partial charge in [0.05, 0.1) is 16.9 Å². The molecule has 0 unspecified atom stereocenters. The van der Waals surface area contributed by atoms with Crippen molar-refractivity contribution < 1.29 is 0 Å². The van der Waals surface area contributed by atoms with Crippen LogP contribution in [0.1, 0.15) is 11.3 Å². The predicted molar refractivity (Wildman–Crippen MR) is 253 cm³/mol. The van der Waals surface area contributed by atoms with Crippen molar-refractivity contribution in [3.63, 3.8) is 0 Å². The zero-order valence-corrected chi connectivity index (χ0v) is 32.4. The molecular formula is C57H38N2. The molecule has 0 amide bonds. The van der Waals surface area contributed by atoms with Crippen molar-refractivity contribution in [2.24, 2.45) is 0 Å². The SMILES string of the molecule is C=Cc1c(C=N)c2ccccc2n1-c1ccccc1-c1ccccc1-c1ccc2c(-c3ccc4ccccc4c3)c3ccccc3c(-c3ccc4ccccc4c3)c2c1. The number of hydrogen-bond acceptors (Lipinski definition) is 1. The Hall–Kier alpha value is -7.81. The number of fused-ring (bicyclic) bond motifs is 5. The van der Waals surface area contributed by atoms with E-state index in [9.17, 15) is 0 Å². The van der Waals surface area contributed by atoms with Gasteiger partial charge in [-0.2, -0.15) is 0 Å². The average Bonchev–Trinajstić information content (AvgIpc) is 3.63. The largest absolute Gasteiger partial charge is 0.309 e. The Kier molecular flexibility index (Phi) is 8.16. The Balaban J connectivity index is 1.20. The van der Waals surface area contributed by atoms with Crippen LogP contribution in [0.3, 0.4) is 0 Å². The summed E-state index contributed by atoms with van der Waals surface area (Å²) in [5.74, 6) is 0. The lowest BCUT2D eigenvalue weighted by molar-refractivity contribution is 1.11. The molecule has 2 heteroatoms. The third-order valence-electron chi connectivity index (χ3n) is 12.1. The summed E-state index contributed by atoms with van der Waals surface area (Å²) in [5.41, 5.74) is 13.3. The summed E-state index contributed by atoms with van der Waals surface area (Å²) in [4.78, 5) is 0. The Morgan fingerprint density at radius 2 is 0.881 bits per heavy atom. The summed E-state index contributed by atoms with van der Waals surface area (Å²) in [7, 11) is 0. The first-order valence-electron chi connectivity index (χ1n) is 20.1. The first-order chi connectivity index (χ1) is 29.2. The van der Waals surface area contributed by atoms with Gasteiger partial charge in [-0.05, 0) is 118 Å². The lowest BCUT2D eigenvalue weighted by atomic mass is 9.83. The van der Waals surface area contributed by atoms with Crippen LogP contribution in [0.5, 0.6) is 0 Å². The van der Waals surface area contributed by atoms with Gasteiger partial charge in [-0.15, -0.1) is 0 Å². The molecule has 276 valence electrons. The smallest absolute Gasteiger partial charge is 0.0550 e. The van der Waals surface area contributed by atoms with E-state index in [2.05, 4.69) is 205 Å². The standard InChI is InChI=1S/C57H38N2/c1-2-53-52(36-58)47-22-12-14-26-55(47)59(53)54-25-13-11-21-46(54)45-20-8-7-19-44(45)41-31-32-50-51(35-41)57(43-30-28-38-16-4-6-18-40(38)34-43)49-24-10-9-23-48(49)56(50)42-29-27-37-15-3-5-17-39(37)33-42/h2-36,58H,1H2. The van der Waals surface area contributed by atoms with Gasteiger partial charge in [0.1, 0.15) is 0 Å². The van der Waals surface area contributed by atoms with Gasteiger partial charge in [0, 0.05) is 22.7 Å². The Bertz CT molecular complexity index is 3490. The van der Waals surface area contributed by atoms with Crippen molar-refractivity contribution in [1.82, 2.24) is 4.57 Å². The van der Waals surface area contributed by atoms with Crippen LogP contribution in [0.15, 0.2) is 207 Å². The average molecular weight is 751 g/mol. The molecule has 2 nitrogen and oxygen atoms in total. The fourth-order valence-electron chi connectivity index (χ4n) is 9.42. The van der Waals surface area contributed by atoms with Gasteiger partial charge in [-0.3, -0.25) is 0 Å². The summed E-state index contributed by atoms with van der Waals surface area (Å²) >= 11 is 0. The van der Waals surface area contributed by atoms with Gasteiger partial charge >= 0.3 is 0 Å². The minimum Gasteiger partial charge on any atom is -0.309 e. The van der Waals surface area contributed by atoms with E-state index >= 15 is 0 Å². The monoisotopic (exact) mass is 750 g/mol. The molecule has 0 atom stereocenters. The zero-order chi connectivity index (χ0) is 39.5. The van der Waals surface area contributed by atoms with E-state index in [1.807, 2.05) is 12.1 Å². The molecule has 10 aromatic carbocycles. The van der Waals surface area contributed by atoms with E-state index in [-0.39, 0.29) is 0 Å². The highest BCUT2D eigenvalue weighted by Gasteiger charge is 2.21. The highest BCUT2D eigenvalue weighted by molar-refractivity contribution is 6.23. The Labute approximate surface area is 343 Å². The molecule has 1 heterocycles. The van der Waals surface area contributed by atoms with Crippen LogP contribution < -0.4 is 0 Å². The molecule has 0 bridgehead atoms. The second kappa shape index (κ2) is 14.0. The third kappa shape index (κ3) is 5.53. The maximum atomic E-state index is 8.36. The number of rotatable bonds is 7. The van der Waals surface area contributed by atoms with E-state index in [4.69, 9.17) is 5.41 Å². The Morgan fingerprint density at radius 3 is 1.53 bits per heavy atom. The second-order valence-electron chi connectivity index (χ2n) is 15.2. The van der Waals surface area contributed by atoms with Gasteiger partial charge in [0.15, 0.2) is 0 Å². The van der Waals surface area contributed by atoms with Crippen LogP contribution in [0.25, 0.3) is 110 Å². The van der Waals surface area contributed by atoms with Crippen LogP contribution in [0.4, 0.5) is 0 Å². The minimum absolute atomic E-state index is 0.865. The molecule has 0 saturated carbocycles. The van der Waals surface area contributed by atoms with E-state index in [1.54, 1.807) is 0 Å². The molecule has 0 radical (unpaired) electrons. The normalized spacial score (nSPS) is 11.5. The van der Waals surface area contributed by atoms with Crippen molar-refractivity contribution in [3.8, 4) is 50.2 Å². The van der Waals surface area contributed by atoms with Crippen LogP contribution in [-0.2, 0) is 0 Å². The van der Waals surface area contributed by atoms with E-state index in [0.717, 1.165) is 50.1 Å². The van der Waals surface area contributed by atoms with Crippen LogP contribution >= 0.6 is 0 Å². The zero-order valence-electron chi connectivity index (χ0n) is 32.4. The first-order valence-corrected chi connectivity index (χ1v) is 20.1. The topological polar surface area (TPSA) is 28.8 Å². The molecule has 0 saturated heterocycles. The first kappa shape index (κ1) is 34.4. The van der Waals surface area contributed by atoms with E-state index < -0.39 is 0 Å². The number of nitrogens with one attached hydrogen (secondary N) is 1. The van der Waals surface area contributed by atoms with Gasteiger partial charge in [0.25, 0.3) is 0 Å². The summed E-state index contributed by atoms with van der Waals surface area (Å²) in [5, 5.41) is 19.2. The van der Waals surface area contributed by atoms with Gasteiger partial charge in [-0.25, -0.2) is 0 Å². The fraction of sp³-hybridized carbons (Fsp3) is 0. The molecule has 0 spiro atoms. The molecule has 1 N–H and O–H groups in total. The van der Waals surface area contributed by atoms with Crippen molar-refractivity contribution in [2.75, 3.05) is 0 Å². The summed E-state index contributed by atoms with van der Waals surface area (Å²) in [6.07, 6.45) is 3.32. The van der Waals surface area contributed by atoms with E-state index in [0.29, 0.717) is 0 Å². The van der Waals surface area contributed by atoms with Gasteiger partial charge in [-0.1, -0.05) is 176 Å². The number of nitrogens with zero attached hydrogens (tertiary/aromatic N) is 1. The quantitative estimate of drug-likeness (QED) is 0.124. The van der Waals surface area contributed by atoms with Crippen LogP contribution in [0, 0.1) is 5.41 Å². The van der Waals surface area contributed by atoms with Crippen molar-refractivity contribution in [1.29, 1.82) is 5.41 Å². The second-order valence-corrected chi connectivity index (χ2v) is 15.2. The fourth-order valence-corrected chi connectivity index (χ4v) is 9.42. The summed E-state index contributed by atoms with van der Waals surface area (Å²) in [6.45, 7) is 4.21. The van der Waals surface area contributed by atoms with Crippen LogP contribution in [0.2, 0.25) is 0 Å². The van der Waals surface area contributed by atoms with Crippen LogP contribution in [-0.4, -0.2) is 10.8 Å². The maximum absolute atomic E-state index is 8.36. The molecule has 11 rings (SSSR count). The summed E-state index contributed by atoms with van der Waals surface area (Å²) < 4.78 is 2.26. The number of benzene rings is 10. The molecule has 1 aromatic heterocycles. The number of hydrogen-bond donors (Lipinski definition) is 1. The summed E-state index contributed by atoms with van der Waals surface area (Å²) in [6, 6.07) is 72.7. The molecular weight excluding hydrogens is 713 g/mol. The predicted octanol–water partition coefficient (Wildman–Crippen LogP) is 15.6. The maximum Gasteiger partial charge on any atom is 0.0550 e. The van der Waals surface area contributed by atoms with Crippen molar-refractivity contribution in [2.45, 2.75) is 0 Å². The highest BCUT2D eigenvalue weighted by Crippen LogP contribution is 2.47. The van der Waals surface area contributed by atoms with Crippen molar-refractivity contribution >= 4 is 66.3 Å². The third-order valence-corrected chi connectivity index (χ3v) is 12.1. The molecule has 0 aliphatic rings. The Morgan fingerprint density at radius 1 is 0.390 bits per heavy atom. The molecule has 0 fully saturated rings. The number of aromatic nitrogens is 1. The molecule has 0 aliphatic carbocycles. The van der Waals surface area contributed by atoms with E-state index in [1.165, 1.54) is 71.6 Å². The number of para-hydroxylation sites is 2. The van der Waals surface area contributed by atoms with Gasteiger partial charge in [0.2, 0.25) is 0 Å². The lowest BCUT2D eigenvalue weighted by Crippen LogP contribution is -2.01. The molecule has 0 aliphatic heterocycles. The molecule has 11 aromatic rings. The highest BCUT2D eigenvalue weighted by atomic mass is 15.0. The minimum atomic E-state index is 0.865. The van der Waals surface area contributed by atoms with Crippen molar-refractivity contribution in [3.05, 3.63) is 218 Å². The van der Waals surface area contributed by atoms with Gasteiger partial charge < -0.3 is 9.98 Å².